The molecule has 35 heavy (non-hydrogen) atoms. The lowest BCUT2D eigenvalue weighted by molar-refractivity contribution is 0.192. The number of anilines is 1. The molecule has 1 aliphatic rings. The quantitative estimate of drug-likeness (QED) is 0.399. The average Bonchev–Trinajstić information content (AvgIpc) is 3.26. The molecule has 0 saturated carbocycles. The highest BCUT2D eigenvalue weighted by Gasteiger charge is 2.36. The van der Waals surface area contributed by atoms with Gasteiger partial charge < -0.3 is 29.4 Å². The molecule has 4 aromatic rings. The van der Waals surface area contributed by atoms with E-state index in [0.717, 1.165) is 22.2 Å². The van der Waals surface area contributed by atoms with Crippen LogP contribution < -0.4 is 19.5 Å². The topological polar surface area (TPSA) is 75.8 Å². The van der Waals surface area contributed by atoms with E-state index in [4.69, 9.17) is 14.2 Å². The first-order valence-electron chi connectivity index (χ1n) is 11.3. The number of hydrogen-bond donors (Lipinski definition) is 2. The van der Waals surface area contributed by atoms with Gasteiger partial charge in [0, 0.05) is 40.8 Å². The smallest absolute Gasteiger partial charge is 0.322 e. The fourth-order valence-electron chi connectivity index (χ4n) is 4.83. The van der Waals surface area contributed by atoms with Crippen molar-refractivity contribution < 1.29 is 23.4 Å². The first kappa shape index (κ1) is 22.6. The highest BCUT2D eigenvalue weighted by atomic mass is 19.1. The van der Waals surface area contributed by atoms with Gasteiger partial charge in [-0.15, -0.1) is 0 Å². The number of H-pyrrole nitrogens is 1. The van der Waals surface area contributed by atoms with Crippen LogP contribution in [0.2, 0.25) is 0 Å². The number of methoxy groups -OCH3 is 3. The molecule has 0 unspecified atom stereocenters. The number of nitrogens with one attached hydrogen (secondary N) is 2. The van der Waals surface area contributed by atoms with Crippen LogP contribution in [-0.2, 0) is 6.42 Å². The maximum absolute atomic E-state index is 15.0. The minimum atomic E-state index is -0.616. The second kappa shape index (κ2) is 9.21. The number of aromatic nitrogens is 1. The van der Waals surface area contributed by atoms with E-state index in [2.05, 4.69) is 16.4 Å². The van der Waals surface area contributed by atoms with Crippen molar-refractivity contribution in [2.75, 3.05) is 33.2 Å². The van der Waals surface area contributed by atoms with Gasteiger partial charge in [-0.3, -0.25) is 0 Å². The lowest BCUT2D eigenvalue weighted by Crippen LogP contribution is -2.43. The third kappa shape index (κ3) is 3.90. The molecule has 1 aliphatic heterocycles. The Morgan fingerprint density at radius 2 is 1.69 bits per heavy atom. The minimum Gasteiger partial charge on any atom is -0.493 e. The Balaban J connectivity index is 1.56. The van der Waals surface area contributed by atoms with Crippen molar-refractivity contribution in [1.29, 1.82) is 0 Å². The summed E-state index contributed by atoms with van der Waals surface area (Å²) in [5.41, 5.74) is 3.79. The molecular weight excluding hydrogens is 449 g/mol. The number of urea groups is 1. The number of amides is 2. The Kier molecular flexibility index (Phi) is 5.94. The molecule has 0 spiro atoms. The largest absolute Gasteiger partial charge is 0.493 e. The number of carbonyl (C=O) groups is 1. The molecule has 0 aliphatic carbocycles. The van der Waals surface area contributed by atoms with Crippen molar-refractivity contribution in [3.63, 3.8) is 0 Å². The second-order valence-corrected chi connectivity index (χ2v) is 8.27. The van der Waals surface area contributed by atoms with Gasteiger partial charge in [0.1, 0.15) is 11.9 Å². The first-order valence-corrected chi connectivity index (χ1v) is 11.3. The molecule has 180 valence electrons. The highest BCUT2D eigenvalue weighted by molar-refractivity contribution is 5.92. The maximum Gasteiger partial charge on any atom is 0.322 e. The van der Waals surface area contributed by atoms with Gasteiger partial charge in [0.25, 0.3) is 0 Å². The van der Waals surface area contributed by atoms with E-state index in [-0.39, 0.29) is 11.8 Å². The summed E-state index contributed by atoms with van der Waals surface area (Å²) >= 11 is 0. The van der Waals surface area contributed by atoms with Gasteiger partial charge in [0.05, 0.1) is 27.0 Å². The van der Waals surface area contributed by atoms with Crippen LogP contribution >= 0.6 is 0 Å². The number of rotatable bonds is 5. The molecular formula is C27H26FN3O4. The van der Waals surface area contributed by atoms with Crippen LogP contribution in [0.15, 0.2) is 60.7 Å². The maximum atomic E-state index is 15.0. The number of aromatic amines is 1. The van der Waals surface area contributed by atoms with Gasteiger partial charge in [-0.2, -0.15) is 0 Å². The van der Waals surface area contributed by atoms with Crippen molar-refractivity contribution >= 4 is 22.6 Å². The number of nitrogens with zero attached hydrogens (tertiary/aromatic N) is 1. The van der Waals surface area contributed by atoms with Crippen molar-refractivity contribution in [3.8, 4) is 17.2 Å². The summed E-state index contributed by atoms with van der Waals surface area (Å²) in [5.74, 6) is 0.904. The van der Waals surface area contributed by atoms with Gasteiger partial charge >= 0.3 is 6.03 Å². The molecule has 5 rings (SSSR count). The number of fused-ring (bicyclic) bond motifs is 3. The monoisotopic (exact) mass is 475 g/mol. The summed E-state index contributed by atoms with van der Waals surface area (Å²) in [4.78, 5) is 18.7. The van der Waals surface area contributed by atoms with E-state index in [0.29, 0.717) is 41.5 Å². The Labute approximate surface area is 202 Å². The molecule has 2 heterocycles. The van der Waals surface area contributed by atoms with Crippen LogP contribution in [0.5, 0.6) is 17.2 Å². The van der Waals surface area contributed by atoms with E-state index in [1.807, 2.05) is 18.2 Å². The van der Waals surface area contributed by atoms with E-state index >= 15 is 4.39 Å². The molecule has 2 N–H and O–H groups in total. The third-order valence-electron chi connectivity index (χ3n) is 6.41. The van der Waals surface area contributed by atoms with Crippen molar-refractivity contribution in [2.45, 2.75) is 12.5 Å². The molecule has 1 atom stereocenters. The highest BCUT2D eigenvalue weighted by Crippen LogP contribution is 2.42. The summed E-state index contributed by atoms with van der Waals surface area (Å²) in [6.07, 6.45) is 0.646. The van der Waals surface area contributed by atoms with Gasteiger partial charge in [-0.25, -0.2) is 9.18 Å². The summed E-state index contributed by atoms with van der Waals surface area (Å²) in [6.45, 7) is 0.421. The summed E-state index contributed by atoms with van der Waals surface area (Å²) in [5, 5.41) is 4.02. The van der Waals surface area contributed by atoms with Crippen LogP contribution in [0, 0.1) is 5.82 Å². The number of ether oxygens (including phenoxy) is 3. The van der Waals surface area contributed by atoms with Gasteiger partial charge in [-0.1, -0.05) is 36.4 Å². The van der Waals surface area contributed by atoms with E-state index in [1.54, 1.807) is 35.2 Å². The van der Waals surface area contributed by atoms with E-state index in [1.165, 1.54) is 27.4 Å². The number of benzene rings is 3. The minimum absolute atomic E-state index is 0.364. The van der Waals surface area contributed by atoms with Crippen LogP contribution in [0.25, 0.3) is 10.9 Å². The lowest BCUT2D eigenvalue weighted by Gasteiger charge is -2.36. The number of carbonyl (C=O) groups excluding carboxylic acids is 1. The molecule has 0 fully saturated rings. The predicted octanol–water partition coefficient (Wildman–Crippen LogP) is 5.51. The SMILES string of the molecule is COc1cc(NC(=O)N2CCc3c([nH]c4ccccc34)[C@@H]2c2ccccc2F)cc(OC)c1OC. The number of para-hydroxylation sites is 1. The van der Waals surface area contributed by atoms with Crippen LogP contribution in [0.3, 0.4) is 0 Å². The van der Waals surface area contributed by atoms with Crippen LogP contribution in [-0.4, -0.2) is 43.8 Å². The molecule has 2 amide bonds. The molecule has 1 aromatic heterocycles. The zero-order valence-electron chi connectivity index (χ0n) is 19.7. The number of hydrogen-bond acceptors (Lipinski definition) is 4. The van der Waals surface area contributed by atoms with Crippen LogP contribution in [0.4, 0.5) is 14.9 Å². The summed E-state index contributed by atoms with van der Waals surface area (Å²) in [7, 11) is 4.54. The normalized spacial score (nSPS) is 15.0. The Morgan fingerprint density at radius 1 is 1.00 bits per heavy atom. The van der Waals surface area contributed by atoms with Crippen molar-refractivity contribution in [2.24, 2.45) is 0 Å². The fraction of sp³-hybridized carbons (Fsp3) is 0.222. The molecule has 0 bridgehead atoms. The Hall–Kier alpha value is -4.20. The summed E-state index contributed by atoms with van der Waals surface area (Å²) < 4.78 is 31.2. The standard InChI is InChI=1S/C27H26FN3O4/c1-33-22-14-16(15-23(34-2)26(22)35-3)29-27(32)31-13-12-18-17-8-5-7-11-21(17)30-24(18)25(31)19-9-4-6-10-20(19)28/h4-11,14-15,25,30H,12-13H2,1-3H3,(H,29,32)/t25-/m0/s1. The van der Waals surface area contributed by atoms with Gasteiger partial charge in [0.15, 0.2) is 11.5 Å². The zero-order valence-corrected chi connectivity index (χ0v) is 19.7. The average molecular weight is 476 g/mol. The van der Waals surface area contributed by atoms with Crippen molar-refractivity contribution in [3.05, 3.63) is 83.3 Å². The van der Waals surface area contributed by atoms with Gasteiger partial charge in [-0.05, 0) is 24.1 Å². The molecule has 3 aromatic carbocycles. The molecule has 0 radical (unpaired) electrons. The van der Waals surface area contributed by atoms with E-state index < -0.39 is 6.04 Å². The third-order valence-corrected chi connectivity index (χ3v) is 6.41. The van der Waals surface area contributed by atoms with Crippen molar-refractivity contribution in [1.82, 2.24) is 9.88 Å². The predicted molar refractivity (Wildman–Crippen MR) is 132 cm³/mol. The fourth-order valence-corrected chi connectivity index (χ4v) is 4.83. The molecule has 0 saturated heterocycles. The van der Waals surface area contributed by atoms with Crippen LogP contribution in [0.1, 0.15) is 22.9 Å². The zero-order chi connectivity index (χ0) is 24.5. The molecule has 7 nitrogen and oxygen atoms in total. The Bertz CT molecular complexity index is 1380. The second-order valence-electron chi connectivity index (χ2n) is 8.27. The Morgan fingerprint density at radius 3 is 2.37 bits per heavy atom. The number of halogens is 1. The van der Waals surface area contributed by atoms with Gasteiger partial charge in [0.2, 0.25) is 5.75 Å². The first-order chi connectivity index (χ1) is 17.0. The van der Waals surface area contributed by atoms with E-state index in [9.17, 15) is 4.79 Å². The summed E-state index contributed by atoms with van der Waals surface area (Å²) in [6, 6.07) is 16.9. The molecule has 8 heteroatoms. The lowest BCUT2D eigenvalue weighted by atomic mass is 9.92.